The first-order valence-corrected chi connectivity index (χ1v) is 4.67. The van der Waals surface area contributed by atoms with Crippen LogP contribution in [-0.4, -0.2) is 35.2 Å². The van der Waals surface area contributed by atoms with Crippen LogP contribution in [0.4, 0.5) is 0 Å². The minimum Gasteiger partial charge on any atom is -0.374 e. The fraction of sp³-hybridized carbons (Fsp3) is 0.778. The molecule has 0 bridgehead atoms. The summed E-state index contributed by atoms with van der Waals surface area (Å²) in [7, 11) is 0. The Morgan fingerprint density at radius 3 is 3.23 bits per heavy atom. The van der Waals surface area contributed by atoms with Crippen molar-refractivity contribution >= 4 is 5.84 Å². The van der Waals surface area contributed by atoms with Gasteiger partial charge in [0, 0.05) is 13.1 Å². The van der Waals surface area contributed by atoms with Gasteiger partial charge in [-0.05, 0) is 12.8 Å². The first-order chi connectivity index (χ1) is 5.88. The van der Waals surface area contributed by atoms with Crippen LogP contribution < -0.4 is 29.6 Å². The van der Waals surface area contributed by atoms with Crippen LogP contribution in [0, 0.1) is 6.42 Å². The van der Waals surface area contributed by atoms with Gasteiger partial charge in [0.1, 0.15) is 6.23 Å². The van der Waals surface area contributed by atoms with Gasteiger partial charge in [0.2, 0.25) is 0 Å². The number of aliphatic hydroxyl groups is 1. The van der Waals surface area contributed by atoms with Crippen LogP contribution >= 0.6 is 0 Å². The summed E-state index contributed by atoms with van der Waals surface area (Å²) in [6.07, 6.45) is 5.82. The molecule has 1 atom stereocenters. The monoisotopic (exact) mass is 190 g/mol. The average Bonchev–Trinajstić information content (AvgIpc) is 2.29. The number of aliphatic hydroxyl groups excluding tert-OH is 1. The second-order valence-electron chi connectivity index (χ2n) is 3.40. The smallest absolute Gasteiger partial charge is 0.374 e. The Bertz CT molecular complexity index is 196. The third kappa shape index (κ3) is 2.69. The summed E-state index contributed by atoms with van der Waals surface area (Å²) >= 11 is 0. The third-order valence-corrected chi connectivity index (χ3v) is 2.50. The van der Waals surface area contributed by atoms with E-state index in [0.717, 1.165) is 44.6 Å². The predicted octanol–water partition coefficient (Wildman–Crippen LogP) is -2.20. The first kappa shape index (κ1) is 11.5. The summed E-state index contributed by atoms with van der Waals surface area (Å²) in [6, 6.07) is 0. The molecule has 0 aromatic carbocycles. The van der Waals surface area contributed by atoms with Crippen LogP contribution in [0.25, 0.3) is 0 Å². The van der Waals surface area contributed by atoms with Crippen molar-refractivity contribution in [2.75, 3.05) is 13.1 Å². The molecule has 13 heavy (non-hydrogen) atoms. The summed E-state index contributed by atoms with van der Waals surface area (Å²) in [5.74, 6) is 1.09. The van der Waals surface area contributed by atoms with Gasteiger partial charge in [-0.2, -0.15) is 6.42 Å². The predicted molar refractivity (Wildman–Crippen MR) is 47.8 cm³/mol. The van der Waals surface area contributed by atoms with Gasteiger partial charge in [-0.1, -0.05) is 0 Å². The van der Waals surface area contributed by atoms with Crippen molar-refractivity contribution < 1.29 is 34.7 Å². The Balaban J connectivity index is 0.000000845. The van der Waals surface area contributed by atoms with Crippen LogP contribution in [-0.2, 0) is 0 Å². The number of nitrogens with zero attached hydrogens (tertiary/aromatic N) is 2. The van der Waals surface area contributed by atoms with Crippen molar-refractivity contribution in [2.24, 2.45) is 4.99 Å². The Kier molecular flexibility index (Phi) is 4.73. The normalized spacial score (nSPS) is 28.2. The van der Waals surface area contributed by atoms with Crippen LogP contribution in [0.5, 0.6) is 0 Å². The molecule has 0 radical (unpaired) electrons. The molecule has 1 unspecified atom stereocenters. The van der Waals surface area contributed by atoms with E-state index in [1.54, 1.807) is 0 Å². The van der Waals surface area contributed by atoms with E-state index in [0.29, 0.717) is 0 Å². The molecule has 4 heteroatoms. The number of fused-ring (bicyclic) bond motifs is 1. The molecule has 0 saturated carbocycles. The summed E-state index contributed by atoms with van der Waals surface area (Å²) in [6.45, 7) is 1.92. The minimum atomic E-state index is -0.289. The second-order valence-corrected chi connectivity index (χ2v) is 3.40. The Hall–Kier alpha value is 0.430. The maximum Gasteiger partial charge on any atom is 1.00 e. The molecule has 0 aromatic heterocycles. The Morgan fingerprint density at radius 1 is 1.54 bits per heavy atom. The standard InChI is InChI=1S/C9H15N2O.Na/c12-9-5-2-1-4-8-10-6-3-7-11(8)9;/h1,9,12H,2-7H2;/q-1;+1. The first-order valence-electron chi connectivity index (χ1n) is 4.67. The van der Waals surface area contributed by atoms with E-state index in [9.17, 15) is 5.11 Å². The van der Waals surface area contributed by atoms with Crippen molar-refractivity contribution in [1.82, 2.24) is 4.90 Å². The van der Waals surface area contributed by atoms with E-state index in [4.69, 9.17) is 0 Å². The quantitative estimate of drug-likeness (QED) is 0.348. The zero-order valence-electron chi connectivity index (χ0n) is 8.24. The van der Waals surface area contributed by atoms with Gasteiger partial charge in [0.15, 0.2) is 0 Å². The van der Waals surface area contributed by atoms with Crippen LogP contribution in [0.3, 0.4) is 0 Å². The molecule has 0 aromatic rings. The summed E-state index contributed by atoms with van der Waals surface area (Å²) < 4.78 is 0. The number of aliphatic imine (C=N–C) groups is 1. The fourth-order valence-corrected chi connectivity index (χ4v) is 1.83. The molecule has 2 aliphatic rings. The van der Waals surface area contributed by atoms with Crippen LogP contribution in [0.15, 0.2) is 4.99 Å². The molecule has 2 aliphatic heterocycles. The number of hydrogen-bond acceptors (Lipinski definition) is 3. The van der Waals surface area contributed by atoms with E-state index >= 15 is 0 Å². The van der Waals surface area contributed by atoms with Gasteiger partial charge in [0.25, 0.3) is 0 Å². The van der Waals surface area contributed by atoms with E-state index in [1.807, 2.05) is 4.90 Å². The van der Waals surface area contributed by atoms with Crippen molar-refractivity contribution in [3.8, 4) is 0 Å². The maximum atomic E-state index is 9.71. The molecule has 0 aliphatic carbocycles. The van der Waals surface area contributed by atoms with Gasteiger partial charge >= 0.3 is 29.6 Å². The number of rotatable bonds is 0. The molecule has 2 rings (SSSR count). The molecule has 68 valence electrons. The minimum absolute atomic E-state index is 0. The van der Waals surface area contributed by atoms with Gasteiger partial charge in [-0.3, -0.25) is 4.99 Å². The van der Waals surface area contributed by atoms with E-state index in [-0.39, 0.29) is 35.8 Å². The van der Waals surface area contributed by atoms with Crippen LogP contribution in [0.2, 0.25) is 0 Å². The van der Waals surface area contributed by atoms with E-state index in [1.165, 1.54) is 0 Å². The van der Waals surface area contributed by atoms with Crippen molar-refractivity contribution in [3.05, 3.63) is 6.42 Å². The maximum absolute atomic E-state index is 9.71. The van der Waals surface area contributed by atoms with Crippen LogP contribution in [0.1, 0.15) is 25.7 Å². The third-order valence-electron chi connectivity index (χ3n) is 2.50. The Morgan fingerprint density at radius 2 is 2.38 bits per heavy atom. The fourth-order valence-electron chi connectivity index (χ4n) is 1.83. The molecule has 1 N–H and O–H groups in total. The van der Waals surface area contributed by atoms with Gasteiger partial charge in [-0.15, -0.1) is 6.42 Å². The largest absolute Gasteiger partial charge is 1.00 e. The molecule has 1 fully saturated rings. The van der Waals surface area contributed by atoms with Gasteiger partial charge in [0.05, 0.1) is 5.84 Å². The summed E-state index contributed by atoms with van der Waals surface area (Å²) in [4.78, 5) is 6.46. The molecule has 3 nitrogen and oxygen atoms in total. The topological polar surface area (TPSA) is 35.8 Å². The average molecular weight is 190 g/mol. The number of amidine groups is 1. The van der Waals surface area contributed by atoms with Crippen molar-refractivity contribution in [2.45, 2.75) is 31.9 Å². The van der Waals surface area contributed by atoms with Crippen molar-refractivity contribution in [1.29, 1.82) is 0 Å². The van der Waals surface area contributed by atoms with Crippen molar-refractivity contribution in [3.63, 3.8) is 0 Å². The second kappa shape index (κ2) is 5.35. The molecule has 0 spiro atoms. The van der Waals surface area contributed by atoms with Gasteiger partial charge in [-0.25, -0.2) is 0 Å². The SMILES string of the molecule is OC1CC[CH-]CC2=NCCCN21.[Na+]. The number of hydrogen-bond donors (Lipinski definition) is 1. The van der Waals surface area contributed by atoms with Gasteiger partial charge < -0.3 is 16.4 Å². The zero-order valence-corrected chi connectivity index (χ0v) is 10.2. The van der Waals surface area contributed by atoms with E-state index < -0.39 is 0 Å². The molecular weight excluding hydrogens is 175 g/mol. The summed E-state index contributed by atoms with van der Waals surface area (Å²) in [5.41, 5.74) is 0. The van der Waals surface area contributed by atoms with E-state index in [2.05, 4.69) is 11.4 Å². The molecule has 2 heterocycles. The molecule has 0 amide bonds. The Labute approximate surface area is 102 Å². The summed E-state index contributed by atoms with van der Waals surface area (Å²) in [5, 5.41) is 9.71. The molecule has 1 saturated heterocycles. The zero-order chi connectivity index (χ0) is 8.39. The molecular formula is C9H15N2NaO.